The van der Waals surface area contributed by atoms with E-state index < -0.39 is 0 Å². The average molecular weight is 311 g/mol. The molecule has 1 aliphatic carbocycles. The van der Waals surface area contributed by atoms with Crippen LogP contribution in [-0.4, -0.2) is 17.6 Å². The Balaban J connectivity index is 2.23. The van der Waals surface area contributed by atoms with Gasteiger partial charge in [-0.25, -0.2) is 4.98 Å². The second-order valence-electron chi connectivity index (χ2n) is 7.15. The van der Waals surface area contributed by atoms with Crippen LogP contribution in [0, 0.1) is 0 Å². The minimum atomic E-state index is -0.104. The zero-order chi connectivity index (χ0) is 15.5. The summed E-state index contributed by atoms with van der Waals surface area (Å²) in [7, 11) is 1.85. The highest BCUT2D eigenvalue weighted by Gasteiger charge is 2.39. The van der Waals surface area contributed by atoms with Gasteiger partial charge in [-0.1, -0.05) is 26.2 Å². The Morgan fingerprint density at radius 3 is 2.48 bits per heavy atom. The summed E-state index contributed by atoms with van der Waals surface area (Å²) in [6.45, 7) is 9.77. The van der Waals surface area contributed by atoms with Crippen LogP contribution < -0.4 is 5.32 Å². The summed E-state index contributed by atoms with van der Waals surface area (Å²) in [5.41, 5.74) is 1.31. The lowest BCUT2D eigenvalue weighted by molar-refractivity contribution is -0.00896. The number of hydrogen-bond acceptors (Lipinski definition) is 4. The van der Waals surface area contributed by atoms with E-state index in [1.165, 1.54) is 28.4 Å². The molecule has 21 heavy (non-hydrogen) atoms. The van der Waals surface area contributed by atoms with Crippen LogP contribution in [0.5, 0.6) is 0 Å². The number of ether oxygens (including phenoxy) is 1. The maximum Gasteiger partial charge on any atom is 0.125 e. The summed E-state index contributed by atoms with van der Waals surface area (Å²) in [6.07, 6.45) is 6.96. The van der Waals surface area contributed by atoms with Gasteiger partial charge in [0.05, 0.1) is 5.69 Å². The van der Waals surface area contributed by atoms with Gasteiger partial charge in [-0.05, 0) is 40.0 Å². The van der Waals surface area contributed by atoms with Crippen LogP contribution in [-0.2, 0) is 23.3 Å². The third-order valence-corrected chi connectivity index (χ3v) is 5.52. The van der Waals surface area contributed by atoms with Crippen molar-refractivity contribution >= 4 is 11.3 Å². The van der Waals surface area contributed by atoms with Gasteiger partial charge in [0.25, 0.3) is 0 Å². The predicted octanol–water partition coefficient (Wildman–Crippen LogP) is 4.40. The van der Waals surface area contributed by atoms with E-state index in [-0.39, 0.29) is 11.1 Å². The molecule has 0 saturated heterocycles. The van der Waals surface area contributed by atoms with Crippen LogP contribution in [0.3, 0.4) is 0 Å². The molecule has 0 aliphatic heterocycles. The Kier molecular flexibility index (Phi) is 5.44. The molecule has 0 unspecified atom stereocenters. The molecule has 1 aromatic heterocycles. The number of rotatable bonds is 6. The van der Waals surface area contributed by atoms with Crippen LogP contribution >= 0.6 is 11.3 Å². The maximum absolute atomic E-state index is 5.90. The lowest BCUT2D eigenvalue weighted by Crippen LogP contribution is -2.35. The third-order valence-electron chi connectivity index (χ3n) is 4.24. The van der Waals surface area contributed by atoms with Gasteiger partial charge in [-0.2, -0.15) is 0 Å². The lowest BCUT2D eigenvalue weighted by atomic mass is 10.0. The Bertz CT molecular complexity index is 456. The first-order valence-electron chi connectivity index (χ1n) is 8.19. The topological polar surface area (TPSA) is 34.1 Å². The summed E-state index contributed by atoms with van der Waals surface area (Å²) >= 11 is 1.86. The third kappa shape index (κ3) is 4.05. The molecule has 0 amide bonds. The highest BCUT2D eigenvalue weighted by Crippen LogP contribution is 2.44. The summed E-state index contributed by atoms with van der Waals surface area (Å²) in [6, 6.07) is 0. The van der Waals surface area contributed by atoms with Crippen molar-refractivity contribution in [2.75, 3.05) is 7.11 Å². The van der Waals surface area contributed by atoms with Gasteiger partial charge in [0.2, 0.25) is 0 Å². The molecule has 4 heteroatoms. The molecular formula is C17H30N2OS. The Morgan fingerprint density at radius 1 is 1.29 bits per heavy atom. The standard InChI is InChI=1S/C17H30N2OS/c1-6-9-13-14(12-18-16(2,3)4)21-15(19-13)17(20-5)10-7-8-11-17/h18H,6-12H2,1-5H3. The van der Waals surface area contributed by atoms with Crippen LogP contribution in [0.4, 0.5) is 0 Å². The Morgan fingerprint density at radius 2 is 1.95 bits per heavy atom. The molecule has 1 N–H and O–H groups in total. The number of aryl methyl sites for hydroxylation is 1. The van der Waals surface area contributed by atoms with Crippen molar-refractivity contribution in [3.05, 3.63) is 15.6 Å². The fourth-order valence-electron chi connectivity index (χ4n) is 2.95. The first-order chi connectivity index (χ1) is 9.90. The Labute approximate surface area is 133 Å². The number of methoxy groups -OCH3 is 1. The molecule has 0 bridgehead atoms. The van der Waals surface area contributed by atoms with Crippen LogP contribution in [0.1, 0.15) is 75.4 Å². The van der Waals surface area contributed by atoms with Crippen molar-refractivity contribution in [2.24, 2.45) is 0 Å². The van der Waals surface area contributed by atoms with Crippen molar-refractivity contribution in [1.29, 1.82) is 0 Å². The van der Waals surface area contributed by atoms with E-state index in [9.17, 15) is 0 Å². The van der Waals surface area contributed by atoms with Gasteiger partial charge < -0.3 is 10.1 Å². The van der Waals surface area contributed by atoms with Crippen molar-refractivity contribution in [3.63, 3.8) is 0 Å². The van der Waals surface area contributed by atoms with Gasteiger partial charge >= 0.3 is 0 Å². The second-order valence-corrected chi connectivity index (χ2v) is 8.23. The predicted molar refractivity (Wildman–Crippen MR) is 89.9 cm³/mol. The highest BCUT2D eigenvalue weighted by atomic mass is 32.1. The van der Waals surface area contributed by atoms with Crippen molar-refractivity contribution in [3.8, 4) is 0 Å². The van der Waals surface area contributed by atoms with E-state index in [1.54, 1.807) is 0 Å². The van der Waals surface area contributed by atoms with Crippen molar-refractivity contribution < 1.29 is 4.74 Å². The molecule has 0 spiro atoms. The number of thiazole rings is 1. The van der Waals surface area contributed by atoms with Crippen molar-refractivity contribution in [1.82, 2.24) is 10.3 Å². The number of aromatic nitrogens is 1. The largest absolute Gasteiger partial charge is 0.371 e. The molecule has 120 valence electrons. The molecule has 1 aliphatic rings. The quantitative estimate of drug-likeness (QED) is 0.845. The fraction of sp³-hybridized carbons (Fsp3) is 0.824. The molecule has 1 aromatic rings. The zero-order valence-corrected chi connectivity index (χ0v) is 15.0. The minimum Gasteiger partial charge on any atom is -0.371 e. The first kappa shape index (κ1) is 16.9. The molecule has 1 fully saturated rings. The smallest absolute Gasteiger partial charge is 0.125 e. The van der Waals surface area contributed by atoms with Crippen molar-refractivity contribution in [2.45, 2.75) is 83.9 Å². The van der Waals surface area contributed by atoms with Gasteiger partial charge in [0.1, 0.15) is 10.6 Å². The van der Waals surface area contributed by atoms with E-state index in [4.69, 9.17) is 9.72 Å². The van der Waals surface area contributed by atoms with E-state index in [0.717, 1.165) is 32.2 Å². The zero-order valence-electron chi connectivity index (χ0n) is 14.2. The van der Waals surface area contributed by atoms with Crippen LogP contribution in [0.2, 0.25) is 0 Å². The molecule has 0 radical (unpaired) electrons. The van der Waals surface area contributed by atoms with Gasteiger partial charge in [0, 0.05) is 24.1 Å². The van der Waals surface area contributed by atoms with Gasteiger partial charge in [-0.3, -0.25) is 0 Å². The molecular weight excluding hydrogens is 280 g/mol. The van der Waals surface area contributed by atoms with Crippen LogP contribution in [0.25, 0.3) is 0 Å². The highest BCUT2D eigenvalue weighted by molar-refractivity contribution is 7.11. The van der Waals surface area contributed by atoms with Crippen LogP contribution in [0.15, 0.2) is 0 Å². The fourth-order valence-corrected chi connectivity index (χ4v) is 4.22. The summed E-state index contributed by atoms with van der Waals surface area (Å²) in [4.78, 5) is 6.37. The van der Waals surface area contributed by atoms with Gasteiger partial charge in [0.15, 0.2) is 0 Å². The molecule has 1 saturated carbocycles. The van der Waals surface area contributed by atoms with E-state index in [2.05, 4.69) is 33.0 Å². The molecule has 1 heterocycles. The first-order valence-corrected chi connectivity index (χ1v) is 9.01. The number of nitrogens with one attached hydrogen (secondary N) is 1. The average Bonchev–Trinajstić information content (AvgIpc) is 3.03. The monoisotopic (exact) mass is 310 g/mol. The molecule has 0 aromatic carbocycles. The maximum atomic E-state index is 5.90. The van der Waals surface area contributed by atoms with E-state index in [0.29, 0.717) is 0 Å². The summed E-state index contributed by atoms with van der Waals surface area (Å²) in [5, 5.41) is 4.81. The molecule has 2 rings (SSSR count). The minimum absolute atomic E-state index is 0.104. The molecule has 3 nitrogen and oxygen atoms in total. The van der Waals surface area contributed by atoms with E-state index >= 15 is 0 Å². The second kappa shape index (κ2) is 6.76. The normalized spacial score (nSPS) is 18.3. The number of hydrogen-bond donors (Lipinski definition) is 1. The summed E-state index contributed by atoms with van der Waals surface area (Å²) < 4.78 is 5.90. The van der Waals surface area contributed by atoms with Gasteiger partial charge in [-0.15, -0.1) is 11.3 Å². The SMILES string of the molecule is CCCc1nc(C2(OC)CCCC2)sc1CNC(C)(C)C. The lowest BCUT2D eigenvalue weighted by Gasteiger charge is -2.24. The Hall–Kier alpha value is -0.450. The number of nitrogens with zero attached hydrogens (tertiary/aromatic N) is 1. The molecule has 0 atom stereocenters. The summed E-state index contributed by atoms with van der Waals surface area (Å²) in [5.74, 6) is 0. The van der Waals surface area contributed by atoms with E-state index in [1.807, 2.05) is 18.4 Å².